The van der Waals surface area contributed by atoms with Crippen LogP contribution in [0, 0.1) is 0 Å². The summed E-state index contributed by atoms with van der Waals surface area (Å²) < 4.78 is 29.5. The highest BCUT2D eigenvalue weighted by molar-refractivity contribution is 7.88. The van der Waals surface area contributed by atoms with Gasteiger partial charge in [-0.3, -0.25) is 4.90 Å². The van der Waals surface area contributed by atoms with Gasteiger partial charge >= 0.3 is 0 Å². The third kappa shape index (κ3) is 4.39. The van der Waals surface area contributed by atoms with Gasteiger partial charge in [0.25, 0.3) is 0 Å². The van der Waals surface area contributed by atoms with E-state index in [0.29, 0.717) is 13.1 Å². The van der Waals surface area contributed by atoms with Gasteiger partial charge in [0.05, 0.1) is 18.0 Å². The Kier molecular flexibility index (Phi) is 5.56. The van der Waals surface area contributed by atoms with Crippen LogP contribution >= 0.6 is 0 Å². The third-order valence-corrected chi connectivity index (χ3v) is 7.23. The largest absolute Gasteiger partial charge is 0.297 e. The van der Waals surface area contributed by atoms with Crippen LogP contribution in [0.4, 0.5) is 0 Å². The van der Waals surface area contributed by atoms with E-state index in [1.807, 2.05) is 35.0 Å². The number of fused-ring (bicyclic) bond motifs is 1. The van der Waals surface area contributed by atoms with Gasteiger partial charge in [-0.05, 0) is 37.9 Å². The van der Waals surface area contributed by atoms with E-state index < -0.39 is 10.0 Å². The molecule has 1 aromatic carbocycles. The van der Waals surface area contributed by atoms with Crippen molar-refractivity contribution in [3.8, 4) is 0 Å². The molecular formula is C19H27N5O2S. The summed E-state index contributed by atoms with van der Waals surface area (Å²) in [5, 5.41) is 8.69. The molecule has 3 heterocycles. The average molecular weight is 390 g/mol. The summed E-state index contributed by atoms with van der Waals surface area (Å²) in [6, 6.07) is 9.39. The van der Waals surface area contributed by atoms with Crippen molar-refractivity contribution in [2.75, 3.05) is 19.6 Å². The van der Waals surface area contributed by atoms with E-state index >= 15 is 0 Å². The number of likely N-dealkylation sites (tertiary alicyclic amines) is 1. The molecule has 1 fully saturated rings. The van der Waals surface area contributed by atoms with Crippen molar-refractivity contribution in [2.24, 2.45) is 0 Å². The molecule has 0 spiro atoms. The summed E-state index contributed by atoms with van der Waals surface area (Å²) in [6.07, 6.45) is 4.50. The fourth-order valence-corrected chi connectivity index (χ4v) is 5.45. The molecule has 0 aliphatic carbocycles. The van der Waals surface area contributed by atoms with Crippen molar-refractivity contribution in [3.63, 3.8) is 0 Å². The molecule has 4 rings (SSSR count). The molecule has 8 heteroatoms. The molecule has 0 N–H and O–H groups in total. The molecule has 0 saturated carbocycles. The van der Waals surface area contributed by atoms with Gasteiger partial charge in [0.1, 0.15) is 5.69 Å². The van der Waals surface area contributed by atoms with Gasteiger partial charge in [-0.15, -0.1) is 5.10 Å². The summed E-state index contributed by atoms with van der Waals surface area (Å²) in [6.45, 7) is 4.55. The highest BCUT2D eigenvalue weighted by Gasteiger charge is 2.29. The lowest BCUT2D eigenvalue weighted by molar-refractivity contribution is 0.217. The predicted octanol–water partition coefficient (Wildman–Crippen LogP) is 2.00. The van der Waals surface area contributed by atoms with Gasteiger partial charge in [-0.25, -0.2) is 13.1 Å². The molecule has 0 unspecified atom stereocenters. The van der Waals surface area contributed by atoms with Crippen LogP contribution < -0.4 is 0 Å². The van der Waals surface area contributed by atoms with Crippen LogP contribution in [0.25, 0.3) is 0 Å². The second-order valence-corrected chi connectivity index (χ2v) is 9.44. The van der Waals surface area contributed by atoms with E-state index in [2.05, 4.69) is 15.2 Å². The van der Waals surface area contributed by atoms with Crippen LogP contribution in [-0.4, -0.2) is 52.3 Å². The maximum atomic E-state index is 13.0. The van der Waals surface area contributed by atoms with E-state index in [1.54, 1.807) is 4.31 Å². The Morgan fingerprint density at radius 2 is 1.70 bits per heavy atom. The fraction of sp³-hybridized carbons (Fsp3) is 0.579. The van der Waals surface area contributed by atoms with Crippen molar-refractivity contribution < 1.29 is 8.42 Å². The summed E-state index contributed by atoms with van der Waals surface area (Å²) in [4.78, 5) is 2.40. The molecule has 0 bridgehead atoms. The van der Waals surface area contributed by atoms with Crippen molar-refractivity contribution in [1.29, 1.82) is 0 Å². The van der Waals surface area contributed by atoms with Crippen molar-refractivity contribution in [3.05, 3.63) is 47.3 Å². The van der Waals surface area contributed by atoms with Gasteiger partial charge in [0.15, 0.2) is 0 Å². The minimum atomic E-state index is -3.38. The van der Waals surface area contributed by atoms with Gasteiger partial charge in [-0.1, -0.05) is 42.0 Å². The maximum Gasteiger partial charge on any atom is 0.218 e. The molecular weight excluding hydrogens is 362 g/mol. The molecule has 146 valence electrons. The Labute approximate surface area is 161 Å². The Morgan fingerprint density at radius 3 is 2.48 bits per heavy atom. The first-order valence-electron chi connectivity index (χ1n) is 9.77. The van der Waals surface area contributed by atoms with Crippen molar-refractivity contribution >= 4 is 10.0 Å². The fourth-order valence-electron chi connectivity index (χ4n) is 3.93. The first-order valence-corrected chi connectivity index (χ1v) is 11.4. The molecule has 27 heavy (non-hydrogen) atoms. The number of hydrogen-bond donors (Lipinski definition) is 0. The predicted molar refractivity (Wildman–Crippen MR) is 103 cm³/mol. The molecule has 7 nitrogen and oxygen atoms in total. The molecule has 1 saturated heterocycles. The van der Waals surface area contributed by atoms with Crippen LogP contribution in [-0.2, 0) is 35.4 Å². The molecule has 2 aromatic rings. The molecule has 0 atom stereocenters. The van der Waals surface area contributed by atoms with Crippen molar-refractivity contribution in [2.45, 2.75) is 51.1 Å². The molecule has 2 aliphatic heterocycles. The van der Waals surface area contributed by atoms with Gasteiger partial charge in [-0.2, -0.15) is 4.31 Å². The summed E-state index contributed by atoms with van der Waals surface area (Å²) in [5.74, 6) is 0.0386. The zero-order valence-electron chi connectivity index (χ0n) is 15.6. The first-order chi connectivity index (χ1) is 13.1. The summed E-state index contributed by atoms with van der Waals surface area (Å²) in [7, 11) is -3.38. The monoisotopic (exact) mass is 389 g/mol. The van der Waals surface area contributed by atoms with Gasteiger partial charge < -0.3 is 0 Å². The summed E-state index contributed by atoms with van der Waals surface area (Å²) >= 11 is 0. The molecule has 1 aromatic heterocycles. The van der Waals surface area contributed by atoms with E-state index in [4.69, 9.17) is 0 Å². The third-order valence-electron chi connectivity index (χ3n) is 5.43. The van der Waals surface area contributed by atoms with Gasteiger partial charge in [0, 0.05) is 19.6 Å². The summed E-state index contributed by atoms with van der Waals surface area (Å²) in [5.41, 5.74) is 2.70. The van der Waals surface area contributed by atoms with Crippen LogP contribution in [0.1, 0.15) is 42.6 Å². The topological polar surface area (TPSA) is 71.3 Å². The van der Waals surface area contributed by atoms with E-state index in [-0.39, 0.29) is 5.75 Å². The smallest absolute Gasteiger partial charge is 0.218 e. The Balaban J connectivity index is 1.52. The van der Waals surface area contributed by atoms with Crippen LogP contribution in [0.15, 0.2) is 30.3 Å². The number of hydrogen-bond acceptors (Lipinski definition) is 5. The highest BCUT2D eigenvalue weighted by Crippen LogP contribution is 2.22. The number of aromatic nitrogens is 3. The maximum absolute atomic E-state index is 13.0. The highest BCUT2D eigenvalue weighted by atomic mass is 32.2. The zero-order chi connectivity index (χ0) is 18.7. The van der Waals surface area contributed by atoms with Crippen LogP contribution in [0.2, 0.25) is 0 Å². The molecule has 0 radical (unpaired) electrons. The van der Waals surface area contributed by atoms with Crippen molar-refractivity contribution in [1.82, 2.24) is 24.2 Å². The first kappa shape index (κ1) is 18.6. The Hall–Kier alpha value is -1.77. The normalized spacial score (nSPS) is 19.6. The van der Waals surface area contributed by atoms with E-state index in [9.17, 15) is 8.42 Å². The van der Waals surface area contributed by atoms with E-state index in [1.165, 1.54) is 19.3 Å². The van der Waals surface area contributed by atoms with Crippen LogP contribution in [0.5, 0.6) is 0 Å². The lowest BCUT2D eigenvalue weighted by Crippen LogP contribution is -2.33. The zero-order valence-corrected chi connectivity index (χ0v) is 16.4. The Bertz CT molecular complexity index is 859. The number of piperidine rings is 1. The number of rotatable bonds is 5. The standard InChI is InChI=1S/C19H27N5O2S/c25-27(26,16-17-8-3-1-4-9-17)23-12-7-13-24-19(15-23)18(20-21-24)14-22-10-5-2-6-11-22/h1,3-4,8-9H,2,5-7,10-16H2. The SMILES string of the molecule is O=S(=O)(Cc1ccccc1)N1CCCn2nnc(CN3CCCCC3)c2C1. The number of nitrogens with zero attached hydrogens (tertiary/aromatic N) is 5. The number of benzene rings is 1. The van der Waals surface area contributed by atoms with E-state index in [0.717, 1.165) is 49.6 Å². The molecule has 0 amide bonds. The second kappa shape index (κ2) is 8.08. The Morgan fingerprint density at radius 1 is 0.926 bits per heavy atom. The van der Waals surface area contributed by atoms with Gasteiger partial charge in [0.2, 0.25) is 10.0 Å². The minimum absolute atomic E-state index is 0.0386. The average Bonchev–Trinajstić information content (AvgIpc) is 2.90. The lowest BCUT2D eigenvalue weighted by Gasteiger charge is -2.26. The number of aryl methyl sites for hydroxylation is 1. The number of sulfonamides is 1. The lowest BCUT2D eigenvalue weighted by atomic mass is 10.1. The minimum Gasteiger partial charge on any atom is -0.297 e. The quantitative estimate of drug-likeness (QED) is 0.782. The van der Waals surface area contributed by atoms with Crippen LogP contribution in [0.3, 0.4) is 0 Å². The molecule has 2 aliphatic rings. The second-order valence-electron chi connectivity index (χ2n) is 7.47.